The van der Waals surface area contributed by atoms with Gasteiger partial charge < -0.3 is 16.2 Å². The van der Waals surface area contributed by atoms with Gasteiger partial charge in [0.05, 0.1) is 0 Å². The summed E-state index contributed by atoms with van der Waals surface area (Å²) in [5.41, 5.74) is 7.21. The van der Waals surface area contributed by atoms with Crippen LogP contribution in [0, 0.1) is 0 Å². The lowest BCUT2D eigenvalue weighted by Gasteiger charge is -2.13. The Hall–Kier alpha value is -1.22. The Morgan fingerprint density at radius 2 is 1.93 bits per heavy atom. The van der Waals surface area contributed by atoms with Crippen LogP contribution in [0.25, 0.3) is 0 Å². The zero-order valence-corrected chi connectivity index (χ0v) is 9.24. The van der Waals surface area contributed by atoms with E-state index in [1.165, 1.54) is 12.8 Å². The molecular formula is C12H20N2O. The number of nitrogens with two attached hydrogens (primary N) is 1. The van der Waals surface area contributed by atoms with Gasteiger partial charge in [0.2, 0.25) is 0 Å². The van der Waals surface area contributed by atoms with Crippen LogP contribution in [0.5, 0.6) is 0 Å². The molecule has 84 valence electrons. The fourth-order valence-corrected chi connectivity index (χ4v) is 1.43. The van der Waals surface area contributed by atoms with E-state index in [4.69, 9.17) is 5.73 Å². The second-order valence-electron chi connectivity index (χ2n) is 3.78. The van der Waals surface area contributed by atoms with Crippen molar-refractivity contribution >= 4 is 11.4 Å². The molecule has 0 heterocycles. The van der Waals surface area contributed by atoms with E-state index in [9.17, 15) is 5.11 Å². The Labute approximate surface area is 91.3 Å². The van der Waals surface area contributed by atoms with Gasteiger partial charge in [-0.3, -0.25) is 0 Å². The van der Waals surface area contributed by atoms with Gasteiger partial charge in [-0.2, -0.15) is 0 Å². The predicted molar refractivity (Wildman–Crippen MR) is 64.6 cm³/mol. The number of nitrogen functional groups attached to an aromatic ring is 1. The third kappa shape index (κ3) is 4.70. The Balaban J connectivity index is 2.31. The SMILES string of the molecule is CCCCCC(O)Nc1ccc(N)cc1. The molecule has 0 saturated carbocycles. The molecule has 0 aliphatic heterocycles. The van der Waals surface area contributed by atoms with Gasteiger partial charge in [0, 0.05) is 11.4 Å². The van der Waals surface area contributed by atoms with Crippen LogP contribution in [-0.4, -0.2) is 11.3 Å². The zero-order valence-electron chi connectivity index (χ0n) is 9.24. The van der Waals surface area contributed by atoms with Gasteiger partial charge in [-0.25, -0.2) is 0 Å². The first-order valence-electron chi connectivity index (χ1n) is 5.52. The molecule has 3 nitrogen and oxygen atoms in total. The number of anilines is 2. The van der Waals surface area contributed by atoms with Crippen molar-refractivity contribution < 1.29 is 5.11 Å². The summed E-state index contributed by atoms with van der Waals surface area (Å²) in [6.45, 7) is 2.15. The van der Waals surface area contributed by atoms with Crippen LogP contribution in [0.4, 0.5) is 11.4 Å². The Morgan fingerprint density at radius 1 is 1.27 bits per heavy atom. The van der Waals surface area contributed by atoms with Gasteiger partial charge in [0.1, 0.15) is 6.23 Å². The molecule has 0 aliphatic rings. The van der Waals surface area contributed by atoms with Crippen LogP contribution in [0.2, 0.25) is 0 Å². The van der Waals surface area contributed by atoms with Crippen molar-refractivity contribution in [1.29, 1.82) is 0 Å². The minimum absolute atomic E-state index is 0.458. The van der Waals surface area contributed by atoms with Crippen molar-refractivity contribution in [3.63, 3.8) is 0 Å². The quantitative estimate of drug-likeness (QED) is 0.382. The number of aliphatic hydroxyl groups is 1. The van der Waals surface area contributed by atoms with Crippen LogP contribution in [0.1, 0.15) is 32.6 Å². The maximum atomic E-state index is 9.66. The van der Waals surface area contributed by atoms with Crippen LogP contribution in [-0.2, 0) is 0 Å². The average Bonchev–Trinajstić information content (AvgIpc) is 2.22. The number of hydrogen-bond acceptors (Lipinski definition) is 3. The predicted octanol–water partition coefficient (Wildman–Crippen LogP) is 2.58. The molecule has 0 saturated heterocycles. The third-order valence-electron chi connectivity index (χ3n) is 2.33. The van der Waals surface area contributed by atoms with Crippen LogP contribution in [0.15, 0.2) is 24.3 Å². The molecule has 15 heavy (non-hydrogen) atoms. The van der Waals surface area contributed by atoms with Crippen molar-refractivity contribution in [2.75, 3.05) is 11.1 Å². The highest BCUT2D eigenvalue weighted by molar-refractivity contribution is 5.51. The molecule has 3 heteroatoms. The van der Waals surface area contributed by atoms with Crippen molar-refractivity contribution in [3.8, 4) is 0 Å². The maximum absolute atomic E-state index is 9.66. The zero-order chi connectivity index (χ0) is 11.1. The molecule has 0 radical (unpaired) electrons. The number of aliphatic hydroxyl groups excluding tert-OH is 1. The topological polar surface area (TPSA) is 58.3 Å². The summed E-state index contributed by atoms with van der Waals surface area (Å²) in [7, 11) is 0. The summed E-state index contributed by atoms with van der Waals surface area (Å²) in [6.07, 6.45) is 3.73. The molecule has 1 aromatic carbocycles. The summed E-state index contributed by atoms with van der Waals surface area (Å²) in [5.74, 6) is 0. The van der Waals surface area contributed by atoms with Gasteiger partial charge in [-0.1, -0.05) is 19.8 Å². The Kier molecular flexibility index (Phi) is 4.98. The summed E-state index contributed by atoms with van der Waals surface area (Å²) >= 11 is 0. The molecule has 1 atom stereocenters. The lowest BCUT2D eigenvalue weighted by molar-refractivity contribution is 0.189. The van der Waals surface area contributed by atoms with Gasteiger partial charge >= 0.3 is 0 Å². The van der Waals surface area contributed by atoms with Gasteiger partial charge in [-0.15, -0.1) is 0 Å². The monoisotopic (exact) mass is 208 g/mol. The van der Waals surface area contributed by atoms with E-state index >= 15 is 0 Å². The lowest BCUT2D eigenvalue weighted by Crippen LogP contribution is -2.18. The van der Waals surface area contributed by atoms with Crippen LogP contribution < -0.4 is 11.1 Å². The largest absolute Gasteiger partial charge is 0.399 e. The fourth-order valence-electron chi connectivity index (χ4n) is 1.43. The highest BCUT2D eigenvalue weighted by Gasteiger charge is 2.02. The van der Waals surface area contributed by atoms with Crippen LogP contribution >= 0.6 is 0 Å². The molecule has 1 rings (SSSR count). The highest BCUT2D eigenvalue weighted by atomic mass is 16.3. The molecule has 0 bridgehead atoms. The molecule has 1 aromatic rings. The van der Waals surface area contributed by atoms with E-state index in [1.54, 1.807) is 0 Å². The number of rotatable bonds is 6. The first kappa shape index (κ1) is 11.9. The number of nitrogens with one attached hydrogen (secondary N) is 1. The van der Waals surface area contributed by atoms with Gasteiger partial charge in [0.25, 0.3) is 0 Å². The van der Waals surface area contributed by atoms with Crippen molar-refractivity contribution in [1.82, 2.24) is 0 Å². The summed E-state index contributed by atoms with van der Waals surface area (Å²) in [5, 5.41) is 12.7. The Morgan fingerprint density at radius 3 is 2.53 bits per heavy atom. The lowest BCUT2D eigenvalue weighted by atomic mass is 10.2. The third-order valence-corrected chi connectivity index (χ3v) is 2.33. The molecule has 0 amide bonds. The number of benzene rings is 1. The van der Waals surface area contributed by atoms with Gasteiger partial charge in [0.15, 0.2) is 0 Å². The smallest absolute Gasteiger partial charge is 0.124 e. The minimum atomic E-state index is -0.458. The second-order valence-corrected chi connectivity index (χ2v) is 3.78. The Bertz CT molecular complexity index is 271. The van der Waals surface area contributed by atoms with E-state index in [2.05, 4.69) is 12.2 Å². The minimum Gasteiger partial charge on any atom is -0.399 e. The summed E-state index contributed by atoms with van der Waals surface area (Å²) in [4.78, 5) is 0. The van der Waals surface area contributed by atoms with E-state index in [0.717, 1.165) is 24.2 Å². The molecule has 0 spiro atoms. The van der Waals surface area contributed by atoms with E-state index in [-0.39, 0.29) is 0 Å². The first-order valence-corrected chi connectivity index (χ1v) is 5.52. The number of unbranched alkanes of at least 4 members (excludes halogenated alkanes) is 2. The molecule has 0 fully saturated rings. The molecular weight excluding hydrogens is 188 g/mol. The standard InChI is InChI=1S/C12H20N2O/c1-2-3-4-5-12(15)14-11-8-6-10(13)7-9-11/h6-9,12,14-15H,2-5,13H2,1H3. The maximum Gasteiger partial charge on any atom is 0.124 e. The molecule has 0 aromatic heterocycles. The second kappa shape index (κ2) is 6.30. The van der Waals surface area contributed by atoms with E-state index in [0.29, 0.717) is 0 Å². The van der Waals surface area contributed by atoms with Crippen molar-refractivity contribution in [3.05, 3.63) is 24.3 Å². The fraction of sp³-hybridized carbons (Fsp3) is 0.500. The van der Waals surface area contributed by atoms with Crippen molar-refractivity contribution in [2.24, 2.45) is 0 Å². The molecule has 1 unspecified atom stereocenters. The molecule has 4 N–H and O–H groups in total. The first-order chi connectivity index (χ1) is 7.22. The average molecular weight is 208 g/mol. The van der Waals surface area contributed by atoms with E-state index < -0.39 is 6.23 Å². The summed E-state index contributed by atoms with van der Waals surface area (Å²) < 4.78 is 0. The van der Waals surface area contributed by atoms with Crippen molar-refractivity contribution in [2.45, 2.75) is 38.8 Å². The number of hydrogen-bond donors (Lipinski definition) is 3. The normalized spacial score (nSPS) is 12.4. The van der Waals surface area contributed by atoms with Crippen LogP contribution in [0.3, 0.4) is 0 Å². The molecule has 0 aliphatic carbocycles. The highest BCUT2D eigenvalue weighted by Crippen LogP contribution is 2.13. The summed E-state index contributed by atoms with van der Waals surface area (Å²) in [6, 6.07) is 7.39. The van der Waals surface area contributed by atoms with Gasteiger partial charge in [-0.05, 0) is 37.1 Å². The van der Waals surface area contributed by atoms with E-state index in [1.807, 2.05) is 24.3 Å².